The molecule has 1 unspecified atom stereocenters. The van der Waals surface area contributed by atoms with Gasteiger partial charge in [0, 0.05) is 4.47 Å². The average Bonchev–Trinajstić information content (AvgIpc) is 2.42. The van der Waals surface area contributed by atoms with Crippen LogP contribution in [0.4, 0.5) is 4.79 Å². The van der Waals surface area contributed by atoms with Gasteiger partial charge in [-0.3, -0.25) is 9.50 Å². The highest BCUT2D eigenvalue weighted by atomic mass is 79.9. The number of ether oxygens (including phenoxy) is 1. The normalized spacial score (nSPS) is 13.5. The number of methoxy groups -OCH3 is 1. The van der Waals surface area contributed by atoms with Crippen LogP contribution in [0.5, 0.6) is 0 Å². The Labute approximate surface area is 136 Å². The highest BCUT2D eigenvalue weighted by Crippen LogP contribution is 2.27. The first-order valence-corrected chi connectivity index (χ1v) is 8.61. The minimum absolute atomic E-state index is 0.106. The predicted molar refractivity (Wildman–Crippen MR) is 84.8 cm³/mol. The van der Waals surface area contributed by atoms with E-state index in [0.29, 0.717) is 10.0 Å². The fourth-order valence-corrected chi connectivity index (χ4v) is 2.63. The van der Waals surface area contributed by atoms with Crippen LogP contribution in [-0.4, -0.2) is 40.4 Å². The van der Waals surface area contributed by atoms with Gasteiger partial charge in [0.25, 0.3) is 10.1 Å². The number of halogens is 1. The van der Waals surface area contributed by atoms with E-state index in [0.717, 1.165) is 6.26 Å². The minimum atomic E-state index is -3.71. The van der Waals surface area contributed by atoms with Crippen LogP contribution in [0.1, 0.15) is 11.7 Å². The molecule has 10 heteroatoms. The summed E-state index contributed by atoms with van der Waals surface area (Å²) >= 11 is 3.32. The molecule has 0 aromatic heterocycles. The molecule has 0 bridgehead atoms. The van der Waals surface area contributed by atoms with E-state index in [1.54, 1.807) is 24.3 Å². The van der Waals surface area contributed by atoms with Crippen molar-refractivity contribution in [1.82, 2.24) is 5.32 Å². The van der Waals surface area contributed by atoms with Gasteiger partial charge >= 0.3 is 6.09 Å². The van der Waals surface area contributed by atoms with Crippen molar-refractivity contribution in [2.45, 2.75) is 6.10 Å². The van der Waals surface area contributed by atoms with Crippen molar-refractivity contribution in [2.24, 2.45) is 10.7 Å². The lowest BCUT2D eigenvalue weighted by Gasteiger charge is -2.16. The summed E-state index contributed by atoms with van der Waals surface area (Å²) < 4.78 is 32.8. The molecule has 0 saturated carbocycles. The van der Waals surface area contributed by atoms with Crippen molar-refractivity contribution in [1.29, 1.82) is 0 Å². The molecule has 8 nitrogen and oxygen atoms in total. The molecule has 0 spiro atoms. The quantitative estimate of drug-likeness (QED) is 0.439. The fourth-order valence-electron chi connectivity index (χ4n) is 1.50. The monoisotopic (exact) mass is 393 g/mol. The summed E-state index contributed by atoms with van der Waals surface area (Å²) in [5, 5.41) is 2.16. The molecule has 1 amide bonds. The lowest BCUT2D eigenvalue weighted by Crippen LogP contribution is -2.37. The number of benzene rings is 1. The van der Waals surface area contributed by atoms with Crippen LogP contribution in [0.15, 0.2) is 33.7 Å². The Morgan fingerprint density at radius 3 is 2.64 bits per heavy atom. The van der Waals surface area contributed by atoms with Crippen molar-refractivity contribution in [3.05, 3.63) is 34.3 Å². The number of hydrogen-bond acceptors (Lipinski definition) is 6. The number of carbonyl (C=O) groups is 1. The maximum absolute atomic E-state index is 11.4. The number of nitrogens with two attached hydrogens (primary N) is 1. The molecule has 1 rings (SSSR count). The summed E-state index contributed by atoms with van der Waals surface area (Å²) in [6.07, 6.45) is -0.720. The standard InChI is InChI=1S/C12H16BrN3O5S/c1-20-12(17)16-11(14)15-7-10(21-22(2,18)19)8-5-3-4-6-9(8)13/h3-6,10H,7H2,1-2H3,(H3,14,15,16,17). The van der Waals surface area contributed by atoms with E-state index in [2.05, 4.69) is 31.0 Å². The number of guanidine groups is 1. The molecule has 0 heterocycles. The molecule has 0 aliphatic rings. The average molecular weight is 394 g/mol. The van der Waals surface area contributed by atoms with Crippen LogP contribution >= 0.6 is 15.9 Å². The minimum Gasteiger partial charge on any atom is -0.453 e. The summed E-state index contributed by atoms with van der Waals surface area (Å²) in [7, 11) is -2.53. The molecule has 1 aromatic rings. The second-order valence-corrected chi connectivity index (χ2v) is 6.61. The SMILES string of the molecule is COC(=O)NC(N)=NCC(OS(C)(=O)=O)c1ccccc1Br. The second kappa shape index (κ2) is 8.11. The van der Waals surface area contributed by atoms with Gasteiger partial charge in [0.1, 0.15) is 6.10 Å². The van der Waals surface area contributed by atoms with E-state index >= 15 is 0 Å². The van der Waals surface area contributed by atoms with Crippen molar-refractivity contribution in [2.75, 3.05) is 19.9 Å². The molecule has 3 N–H and O–H groups in total. The molecule has 1 atom stereocenters. The fraction of sp³-hybridized carbons (Fsp3) is 0.333. The van der Waals surface area contributed by atoms with Crippen molar-refractivity contribution in [3.63, 3.8) is 0 Å². The van der Waals surface area contributed by atoms with Gasteiger partial charge in [0.15, 0.2) is 5.96 Å². The van der Waals surface area contributed by atoms with Gasteiger partial charge in [-0.2, -0.15) is 8.42 Å². The van der Waals surface area contributed by atoms with Crippen LogP contribution in [0.3, 0.4) is 0 Å². The highest BCUT2D eigenvalue weighted by molar-refractivity contribution is 9.10. The van der Waals surface area contributed by atoms with Crippen LogP contribution in [-0.2, 0) is 19.0 Å². The summed E-state index contributed by atoms with van der Waals surface area (Å²) in [5.41, 5.74) is 6.09. The van der Waals surface area contributed by atoms with E-state index in [1.165, 1.54) is 7.11 Å². The summed E-state index contributed by atoms with van der Waals surface area (Å²) in [6.45, 7) is -0.106. The number of aliphatic imine (C=N–C) groups is 1. The topological polar surface area (TPSA) is 120 Å². The number of amides is 1. The maximum atomic E-state index is 11.4. The van der Waals surface area contributed by atoms with Crippen molar-refractivity contribution >= 4 is 38.1 Å². The Morgan fingerprint density at radius 1 is 1.45 bits per heavy atom. The number of hydrogen-bond donors (Lipinski definition) is 2. The molecule has 0 fully saturated rings. The van der Waals surface area contributed by atoms with E-state index in [1.807, 2.05) is 0 Å². The maximum Gasteiger partial charge on any atom is 0.413 e. The van der Waals surface area contributed by atoms with Gasteiger partial charge in [-0.25, -0.2) is 9.79 Å². The third-order valence-electron chi connectivity index (χ3n) is 2.39. The van der Waals surface area contributed by atoms with E-state index in [-0.39, 0.29) is 12.5 Å². The van der Waals surface area contributed by atoms with E-state index in [9.17, 15) is 13.2 Å². The molecule has 0 saturated heterocycles. The van der Waals surface area contributed by atoms with Gasteiger partial charge < -0.3 is 10.5 Å². The molecular formula is C12H16BrN3O5S. The third-order valence-corrected chi connectivity index (χ3v) is 3.69. The van der Waals surface area contributed by atoms with Crippen LogP contribution in [0, 0.1) is 0 Å². The number of rotatable bonds is 5. The van der Waals surface area contributed by atoms with Crippen molar-refractivity contribution in [3.8, 4) is 0 Å². The van der Waals surface area contributed by atoms with Crippen molar-refractivity contribution < 1.29 is 22.1 Å². The number of alkyl carbamates (subject to hydrolysis) is 1. The van der Waals surface area contributed by atoms with Crippen LogP contribution in [0.2, 0.25) is 0 Å². The smallest absolute Gasteiger partial charge is 0.413 e. The van der Waals surface area contributed by atoms with E-state index in [4.69, 9.17) is 9.92 Å². The first-order valence-electron chi connectivity index (χ1n) is 6.00. The molecule has 0 aliphatic heterocycles. The largest absolute Gasteiger partial charge is 0.453 e. The van der Waals surface area contributed by atoms with Gasteiger partial charge in [-0.15, -0.1) is 0 Å². The molecule has 22 heavy (non-hydrogen) atoms. The number of nitrogens with zero attached hydrogens (tertiary/aromatic N) is 1. The zero-order chi connectivity index (χ0) is 16.8. The summed E-state index contributed by atoms with van der Waals surface area (Å²) in [5.74, 6) is -0.207. The summed E-state index contributed by atoms with van der Waals surface area (Å²) in [4.78, 5) is 14.9. The van der Waals surface area contributed by atoms with Crippen LogP contribution < -0.4 is 11.1 Å². The van der Waals surface area contributed by atoms with Gasteiger partial charge in [0.2, 0.25) is 0 Å². The first kappa shape index (κ1) is 18.4. The zero-order valence-corrected chi connectivity index (χ0v) is 14.3. The number of nitrogens with one attached hydrogen (secondary N) is 1. The number of carbonyl (C=O) groups excluding carboxylic acids is 1. The molecular weight excluding hydrogens is 378 g/mol. The van der Waals surface area contributed by atoms with Gasteiger partial charge in [-0.05, 0) is 11.6 Å². The Morgan fingerprint density at radius 2 is 2.09 bits per heavy atom. The molecule has 0 radical (unpaired) electrons. The Kier molecular flexibility index (Phi) is 6.78. The lowest BCUT2D eigenvalue weighted by molar-refractivity contribution is 0.176. The lowest BCUT2D eigenvalue weighted by atomic mass is 10.1. The Bertz CT molecular complexity index is 662. The predicted octanol–water partition coefficient (Wildman–Crippen LogP) is 1.14. The van der Waals surface area contributed by atoms with Gasteiger partial charge in [0.05, 0.1) is 19.9 Å². The molecule has 122 valence electrons. The first-order chi connectivity index (χ1) is 10.2. The van der Waals surface area contributed by atoms with E-state index < -0.39 is 22.3 Å². The second-order valence-electron chi connectivity index (χ2n) is 4.15. The van der Waals surface area contributed by atoms with Crippen LogP contribution in [0.25, 0.3) is 0 Å². The Balaban J connectivity index is 2.95. The third kappa shape index (κ3) is 6.41. The highest BCUT2D eigenvalue weighted by Gasteiger charge is 2.20. The zero-order valence-electron chi connectivity index (χ0n) is 11.9. The molecule has 0 aliphatic carbocycles. The van der Waals surface area contributed by atoms with Gasteiger partial charge in [-0.1, -0.05) is 34.1 Å². The molecule has 1 aromatic carbocycles. The summed E-state index contributed by atoms with van der Waals surface area (Å²) in [6, 6.07) is 6.95. The Hall–Kier alpha value is -1.65.